The Morgan fingerprint density at radius 2 is 1.88 bits per heavy atom. The molecule has 1 unspecified atom stereocenters. The van der Waals surface area contributed by atoms with Crippen molar-refractivity contribution in [1.29, 1.82) is 0 Å². The summed E-state index contributed by atoms with van der Waals surface area (Å²) in [7, 11) is 1.82. The third-order valence-corrected chi connectivity index (χ3v) is 5.89. The number of hydrogen-bond donors (Lipinski definition) is 1. The first kappa shape index (κ1) is 21.2. The Kier molecular flexibility index (Phi) is 5.82. The topological polar surface area (TPSA) is 85.8 Å². The van der Waals surface area contributed by atoms with Gasteiger partial charge in [-0.05, 0) is 24.1 Å². The first-order chi connectivity index (χ1) is 16.1. The molecule has 0 bridgehead atoms. The number of pyridine rings is 1. The molecule has 1 atom stereocenters. The number of aryl methyl sites for hydroxylation is 1. The van der Waals surface area contributed by atoms with Crippen LogP contribution in [0.1, 0.15) is 11.4 Å². The number of fused-ring (bicyclic) bond motifs is 1. The third-order valence-electron chi connectivity index (χ3n) is 5.24. The molecule has 10 heteroatoms. The van der Waals surface area contributed by atoms with E-state index in [1.54, 1.807) is 29.2 Å². The Balaban J connectivity index is 1.39. The Morgan fingerprint density at radius 3 is 2.67 bits per heavy atom. The van der Waals surface area contributed by atoms with E-state index < -0.39 is 5.95 Å². The molecular formula is C23H20BrFN8. The van der Waals surface area contributed by atoms with Gasteiger partial charge in [0.1, 0.15) is 11.6 Å². The molecule has 0 amide bonds. The molecule has 5 aromatic rings. The van der Waals surface area contributed by atoms with Crippen molar-refractivity contribution in [3.8, 4) is 11.3 Å². The summed E-state index contributed by atoms with van der Waals surface area (Å²) in [6.07, 6.45) is 4.65. The van der Waals surface area contributed by atoms with Gasteiger partial charge in [-0.25, -0.2) is 9.97 Å². The van der Waals surface area contributed by atoms with E-state index >= 15 is 4.39 Å². The minimum atomic E-state index is -0.443. The number of nitrogens with zero attached hydrogens (tertiary/aromatic N) is 7. The average Bonchev–Trinajstić information content (AvgIpc) is 3.41. The fraction of sp³-hybridized carbons (Fsp3) is 0.174. The van der Waals surface area contributed by atoms with Crippen LogP contribution in [0.4, 0.5) is 16.2 Å². The minimum absolute atomic E-state index is 0.105. The monoisotopic (exact) mass is 506 g/mol. The average molecular weight is 507 g/mol. The molecule has 1 N–H and O–H groups in total. The fourth-order valence-corrected chi connectivity index (χ4v) is 4.30. The van der Waals surface area contributed by atoms with Crippen LogP contribution < -0.4 is 5.32 Å². The van der Waals surface area contributed by atoms with E-state index in [9.17, 15) is 0 Å². The van der Waals surface area contributed by atoms with Crippen LogP contribution in [-0.2, 0) is 19.9 Å². The van der Waals surface area contributed by atoms with Crippen molar-refractivity contribution < 1.29 is 4.39 Å². The summed E-state index contributed by atoms with van der Waals surface area (Å²) in [5.74, 6) is 1.26. The summed E-state index contributed by atoms with van der Waals surface area (Å²) in [5.41, 5.74) is 2.80. The van der Waals surface area contributed by atoms with Crippen molar-refractivity contribution in [1.82, 2.24) is 34.3 Å². The lowest BCUT2D eigenvalue weighted by Crippen LogP contribution is -2.11. The van der Waals surface area contributed by atoms with Crippen LogP contribution in [0, 0.1) is 5.95 Å². The quantitative estimate of drug-likeness (QED) is 0.261. The van der Waals surface area contributed by atoms with E-state index in [1.807, 2.05) is 31.3 Å². The number of halogens is 2. The van der Waals surface area contributed by atoms with Crippen molar-refractivity contribution in [3.05, 3.63) is 84.3 Å². The maximum atomic E-state index is 15.2. The Bertz CT molecular complexity index is 1400. The SMILES string of the molecule is Cn1nccc1Nc1nccc(-c2cc(F)n3c(CC(Br)Cc4ccccc4)nnc3c2)n1. The number of aromatic nitrogens is 7. The predicted molar refractivity (Wildman–Crippen MR) is 127 cm³/mol. The molecule has 5 rings (SSSR count). The molecule has 33 heavy (non-hydrogen) atoms. The highest BCUT2D eigenvalue weighted by Gasteiger charge is 2.17. The molecule has 166 valence electrons. The summed E-state index contributed by atoms with van der Waals surface area (Å²) >= 11 is 3.70. The smallest absolute Gasteiger partial charge is 0.228 e. The van der Waals surface area contributed by atoms with Gasteiger partial charge < -0.3 is 5.32 Å². The summed E-state index contributed by atoms with van der Waals surface area (Å²) in [4.78, 5) is 8.86. The number of alkyl halides is 1. The molecular weight excluding hydrogens is 487 g/mol. The molecule has 0 aliphatic carbocycles. The number of rotatable bonds is 7. The van der Waals surface area contributed by atoms with Gasteiger partial charge in [0.2, 0.25) is 11.9 Å². The van der Waals surface area contributed by atoms with Crippen LogP contribution in [0.15, 0.2) is 67.0 Å². The maximum absolute atomic E-state index is 15.2. The molecule has 4 heterocycles. The van der Waals surface area contributed by atoms with Gasteiger partial charge in [-0.15, -0.1) is 10.2 Å². The van der Waals surface area contributed by atoms with Crippen LogP contribution in [0.5, 0.6) is 0 Å². The maximum Gasteiger partial charge on any atom is 0.228 e. The second-order valence-electron chi connectivity index (χ2n) is 7.60. The van der Waals surface area contributed by atoms with Gasteiger partial charge >= 0.3 is 0 Å². The molecule has 0 spiro atoms. The minimum Gasteiger partial charge on any atom is -0.309 e. The second kappa shape index (κ2) is 9.07. The Hall–Kier alpha value is -3.66. The van der Waals surface area contributed by atoms with Gasteiger partial charge in [-0.3, -0.25) is 9.08 Å². The van der Waals surface area contributed by atoms with Crippen LogP contribution in [0.3, 0.4) is 0 Å². The normalized spacial score (nSPS) is 12.2. The summed E-state index contributed by atoms with van der Waals surface area (Å²) in [5, 5.41) is 15.7. The van der Waals surface area contributed by atoms with E-state index in [2.05, 4.69) is 58.6 Å². The first-order valence-electron chi connectivity index (χ1n) is 10.4. The second-order valence-corrected chi connectivity index (χ2v) is 8.89. The van der Waals surface area contributed by atoms with Crippen molar-refractivity contribution in [2.24, 2.45) is 7.05 Å². The number of hydrogen-bond acceptors (Lipinski definition) is 6. The summed E-state index contributed by atoms with van der Waals surface area (Å²) < 4.78 is 18.3. The van der Waals surface area contributed by atoms with Gasteiger partial charge in [0.15, 0.2) is 5.65 Å². The first-order valence-corrected chi connectivity index (χ1v) is 11.3. The molecule has 1 aromatic carbocycles. The van der Waals surface area contributed by atoms with Crippen molar-refractivity contribution in [2.45, 2.75) is 17.7 Å². The summed E-state index contributed by atoms with van der Waals surface area (Å²) in [6, 6.07) is 16.9. The van der Waals surface area contributed by atoms with Crippen molar-refractivity contribution in [2.75, 3.05) is 5.32 Å². The van der Waals surface area contributed by atoms with E-state index in [4.69, 9.17) is 0 Å². The van der Waals surface area contributed by atoms with Gasteiger partial charge in [0.25, 0.3) is 0 Å². The van der Waals surface area contributed by atoms with Crippen molar-refractivity contribution in [3.63, 3.8) is 0 Å². The molecule has 0 saturated heterocycles. The van der Waals surface area contributed by atoms with Gasteiger partial charge in [-0.2, -0.15) is 9.49 Å². The van der Waals surface area contributed by atoms with Crippen LogP contribution in [-0.4, -0.2) is 39.2 Å². The van der Waals surface area contributed by atoms with Crippen LogP contribution in [0.25, 0.3) is 16.9 Å². The highest BCUT2D eigenvalue weighted by molar-refractivity contribution is 9.09. The lowest BCUT2D eigenvalue weighted by molar-refractivity contribution is 0.556. The Morgan fingerprint density at radius 1 is 1.03 bits per heavy atom. The van der Waals surface area contributed by atoms with Crippen LogP contribution in [0.2, 0.25) is 0 Å². The van der Waals surface area contributed by atoms with E-state index in [0.29, 0.717) is 35.1 Å². The standard InChI is InChI=1S/C23H20BrFN8/c1-32-20(8-10-27-32)29-23-26-9-7-18(28-23)16-12-19(25)33-21(13-16)30-31-22(33)14-17(24)11-15-5-3-2-4-6-15/h2-10,12-13,17H,11,14H2,1H3,(H,26,28,29). The molecule has 4 aromatic heterocycles. The summed E-state index contributed by atoms with van der Waals surface area (Å²) in [6.45, 7) is 0. The lowest BCUT2D eigenvalue weighted by Gasteiger charge is -2.10. The zero-order valence-electron chi connectivity index (χ0n) is 17.7. The molecule has 0 fully saturated rings. The fourth-order valence-electron chi connectivity index (χ4n) is 3.64. The highest BCUT2D eigenvalue weighted by atomic mass is 79.9. The van der Waals surface area contributed by atoms with Gasteiger partial charge in [0, 0.05) is 42.2 Å². The van der Waals surface area contributed by atoms with Crippen molar-refractivity contribution >= 4 is 33.3 Å². The lowest BCUT2D eigenvalue weighted by atomic mass is 10.1. The van der Waals surface area contributed by atoms with E-state index in [-0.39, 0.29) is 4.83 Å². The van der Waals surface area contributed by atoms with Gasteiger partial charge in [0.05, 0.1) is 11.9 Å². The predicted octanol–water partition coefficient (Wildman–Crippen LogP) is 4.35. The molecule has 0 aliphatic rings. The third kappa shape index (κ3) is 4.61. The highest BCUT2D eigenvalue weighted by Crippen LogP contribution is 2.24. The number of benzene rings is 1. The van der Waals surface area contributed by atoms with E-state index in [1.165, 1.54) is 16.0 Å². The molecule has 0 radical (unpaired) electrons. The zero-order valence-corrected chi connectivity index (χ0v) is 19.3. The number of anilines is 2. The molecule has 0 aliphatic heterocycles. The van der Waals surface area contributed by atoms with Gasteiger partial charge in [-0.1, -0.05) is 46.3 Å². The molecule has 8 nitrogen and oxygen atoms in total. The number of nitrogens with one attached hydrogen (secondary N) is 1. The Labute approximate surface area is 197 Å². The largest absolute Gasteiger partial charge is 0.309 e. The molecule has 0 saturated carbocycles. The zero-order chi connectivity index (χ0) is 22.8. The van der Waals surface area contributed by atoms with Crippen LogP contribution >= 0.6 is 15.9 Å². The van der Waals surface area contributed by atoms with E-state index in [0.717, 1.165) is 12.2 Å².